The van der Waals surface area contributed by atoms with Gasteiger partial charge in [-0.2, -0.15) is 0 Å². The number of nitrogens with zero attached hydrogens (tertiary/aromatic N) is 1. The third-order valence-electron chi connectivity index (χ3n) is 5.74. The Kier molecular flexibility index (Phi) is 23.7. The summed E-state index contributed by atoms with van der Waals surface area (Å²) in [4.78, 5) is 12.7. The van der Waals surface area contributed by atoms with Gasteiger partial charge in [-0.15, -0.1) is 0 Å². The van der Waals surface area contributed by atoms with Crippen molar-refractivity contribution in [2.75, 3.05) is 28.3 Å². The van der Waals surface area contributed by atoms with E-state index < -0.39 is 5.97 Å². The second-order valence-electron chi connectivity index (χ2n) is 9.56. The molecule has 0 aliphatic rings. The van der Waals surface area contributed by atoms with Gasteiger partial charge in [-0.05, 0) is 32.9 Å². The van der Waals surface area contributed by atoms with Crippen LogP contribution in [0, 0.1) is 11.8 Å². The number of rotatable bonds is 19. The third-order valence-corrected chi connectivity index (χ3v) is 5.74. The maximum Gasteiger partial charge on any atom is 0.306 e. The Labute approximate surface area is 194 Å². The van der Waals surface area contributed by atoms with Crippen LogP contribution in [0.25, 0.3) is 0 Å². The molecule has 0 saturated carbocycles. The van der Waals surface area contributed by atoms with Crippen LogP contribution >= 0.6 is 0 Å². The number of ether oxygens (including phenoxy) is 2. The number of hydrogen-bond acceptors (Lipinski definition) is 4. The van der Waals surface area contributed by atoms with Crippen LogP contribution in [0.15, 0.2) is 0 Å². The van der Waals surface area contributed by atoms with Crippen LogP contribution in [0.3, 0.4) is 0 Å². The Balaban J connectivity index is 0. The fraction of sp³-hybridized carbons (Fsp3) is 0.962. The normalized spacial score (nSPS) is 14.3. The zero-order chi connectivity index (χ0) is 24.1. The molecule has 5 nitrogen and oxygen atoms in total. The molecule has 31 heavy (non-hydrogen) atoms. The van der Waals surface area contributed by atoms with Crippen molar-refractivity contribution in [3.05, 3.63) is 0 Å². The molecule has 0 aliphatic heterocycles. The van der Waals surface area contributed by atoms with Gasteiger partial charge in [0.25, 0.3) is 0 Å². The van der Waals surface area contributed by atoms with Gasteiger partial charge in [0.05, 0.1) is 12.0 Å². The van der Waals surface area contributed by atoms with E-state index in [-0.39, 0.29) is 18.2 Å². The molecule has 0 aromatic heterocycles. The van der Waals surface area contributed by atoms with Crippen molar-refractivity contribution < 1.29 is 19.4 Å². The Morgan fingerprint density at radius 3 is 1.58 bits per heavy atom. The van der Waals surface area contributed by atoms with Gasteiger partial charge in [0.1, 0.15) is 6.23 Å². The van der Waals surface area contributed by atoms with Crippen molar-refractivity contribution in [1.29, 1.82) is 0 Å². The van der Waals surface area contributed by atoms with E-state index in [2.05, 4.69) is 20.8 Å². The standard InChI is InChI=1S/C16H32O2.C10H23NO2/c1-3-4-5-6-7-8-9-10-11-12-13-14-15(2)16(17)18;1-8(2)7-9(12-5)10(13-6)11(3)4/h15H,3-14H2,1-2H3,(H,17,18);8-10H,7H2,1-6H3. The molecule has 0 radical (unpaired) electrons. The molecule has 0 aromatic carbocycles. The highest BCUT2D eigenvalue weighted by Crippen LogP contribution is 2.15. The summed E-state index contributed by atoms with van der Waals surface area (Å²) >= 11 is 0. The monoisotopic (exact) mass is 445 g/mol. The Morgan fingerprint density at radius 1 is 0.806 bits per heavy atom. The zero-order valence-corrected chi connectivity index (χ0v) is 22.1. The van der Waals surface area contributed by atoms with Crippen LogP contribution in [0.4, 0.5) is 0 Å². The van der Waals surface area contributed by atoms with E-state index in [1.165, 1.54) is 64.2 Å². The van der Waals surface area contributed by atoms with E-state index >= 15 is 0 Å². The molecule has 5 heteroatoms. The number of carbonyl (C=O) groups is 1. The SMILES string of the molecule is CCCCCCCCCCCCCC(C)C(=O)O.COC(CC(C)C)C(OC)N(C)C. The summed E-state index contributed by atoms with van der Waals surface area (Å²) in [5, 5.41) is 8.74. The predicted molar refractivity (Wildman–Crippen MR) is 133 cm³/mol. The van der Waals surface area contributed by atoms with Gasteiger partial charge in [0, 0.05) is 14.2 Å². The van der Waals surface area contributed by atoms with Crippen molar-refractivity contribution >= 4 is 5.97 Å². The molecule has 0 rings (SSSR count). The van der Waals surface area contributed by atoms with Gasteiger partial charge in [-0.1, -0.05) is 98.3 Å². The lowest BCUT2D eigenvalue weighted by molar-refractivity contribution is -0.141. The topological polar surface area (TPSA) is 59.0 Å². The molecule has 0 saturated heterocycles. The lowest BCUT2D eigenvalue weighted by atomic mass is 10.0. The number of unbranched alkanes of at least 4 members (excludes halogenated alkanes) is 10. The van der Waals surface area contributed by atoms with Gasteiger partial charge in [0.2, 0.25) is 0 Å². The number of likely N-dealkylation sites (N-methyl/N-ethyl adjacent to an activating group) is 1. The van der Waals surface area contributed by atoms with Crippen molar-refractivity contribution in [2.45, 2.75) is 123 Å². The van der Waals surface area contributed by atoms with Gasteiger partial charge in [-0.3, -0.25) is 9.69 Å². The van der Waals surface area contributed by atoms with Crippen molar-refractivity contribution in [3.63, 3.8) is 0 Å². The second kappa shape index (κ2) is 22.5. The van der Waals surface area contributed by atoms with Crippen LogP contribution in [-0.4, -0.2) is 56.6 Å². The largest absolute Gasteiger partial charge is 0.481 e. The first-order valence-corrected chi connectivity index (χ1v) is 12.7. The van der Waals surface area contributed by atoms with Gasteiger partial charge < -0.3 is 14.6 Å². The van der Waals surface area contributed by atoms with E-state index in [0.717, 1.165) is 19.3 Å². The highest BCUT2D eigenvalue weighted by molar-refractivity contribution is 5.69. The van der Waals surface area contributed by atoms with E-state index in [9.17, 15) is 4.79 Å². The number of methoxy groups -OCH3 is 2. The minimum absolute atomic E-state index is 0.0485. The molecule has 0 heterocycles. The fourth-order valence-corrected chi connectivity index (χ4v) is 3.73. The second-order valence-corrected chi connectivity index (χ2v) is 9.56. The smallest absolute Gasteiger partial charge is 0.306 e. The summed E-state index contributed by atoms with van der Waals surface area (Å²) in [6.07, 6.45) is 16.6. The van der Waals surface area contributed by atoms with E-state index in [1.807, 2.05) is 19.0 Å². The Morgan fingerprint density at radius 2 is 1.26 bits per heavy atom. The quantitative estimate of drug-likeness (QED) is 0.171. The van der Waals surface area contributed by atoms with Crippen molar-refractivity contribution in [1.82, 2.24) is 4.90 Å². The first-order chi connectivity index (χ1) is 14.7. The molecular weight excluding hydrogens is 390 g/mol. The molecule has 3 unspecified atom stereocenters. The summed E-state index contributed by atoms with van der Waals surface area (Å²) in [6.45, 7) is 8.44. The number of hydrogen-bond donors (Lipinski definition) is 1. The molecule has 0 aliphatic carbocycles. The number of carboxylic acid groups (broad SMARTS) is 1. The lowest BCUT2D eigenvalue weighted by Gasteiger charge is -2.30. The van der Waals surface area contributed by atoms with Gasteiger partial charge >= 0.3 is 5.97 Å². The molecule has 0 spiro atoms. The predicted octanol–water partition coefficient (Wildman–Crippen LogP) is 6.99. The Hall–Kier alpha value is -0.650. The molecule has 0 bridgehead atoms. The van der Waals surface area contributed by atoms with Crippen LogP contribution in [0.5, 0.6) is 0 Å². The van der Waals surface area contributed by atoms with Crippen LogP contribution < -0.4 is 0 Å². The zero-order valence-electron chi connectivity index (χ0n) is 22.1. The molecule has 188 valence electrons. The molecule has 0 aromatic rings. The van der Waals surface area contributed by atoms with Crippen LogP contribution in [0.1, 0.15) is 111 Å². The van der Waals surface area contributed by atoms with E-state index in [4.69, 9.17) is 14.6 Å². The van der Waals surface area contributed by atoms with Crippen LogP contribution in [0.2, 0.25) is 0 Å². The summed E-state index contributed by atoms with van der Waals surface area (Å²) in [5.74, 6) is -0.187. The third kappa shape index (κ3) is 21.0. The molecule has 0 fully saturated rings. The first-order valence-electron chi connectivity index (χ1n) is 12.7. The first kappa shape index (κ1) is 32.5. The van der Waals surface area contributed by atoms with Crippen LogP contribution in [-0.2, 0) is 14.3 Å². The molecule has 3 atom stereocenters. The highest BCUT2D eigenvalue weighted by atomic mass is 16.5. The van der Waals surface area contributed by atoms with Gasteiger partial charge in [-0.25, -0.2) is 0 Å². The van der Waals surface area contributed by atoms with Crippen molar-refractivity contribution in [2.24, 2.45) is 11.8 Å². The minimum atomic E-state index is -0.651. The van der Waals surface area contributed by atoms with E-state index in [1.54, 1.807) is 21.1 Å². The van der Waals surface area contributed by atoms with Gasteiger partial charge in [0.15, 0.2) is 0 Å². The number of aliphatic carboxylic acids is 1. The minimum Gasteiger partial charge on any atom is -0.481 e. The lowest BCUT2D eigenvalue weighted by Crippen LogP contribution is -2.42. The maximum atomic E-state index is 10.6. The Bertz CT molecular complexity index is 388. The molecular formula is C26H55NO4. The van der Waals surface area contributed by atoms with E-state index in [0.29, 0.717) is 5.92 Å². The summed E-state index contributed by atoms with van der Waals surface area (Å²) in [6, 6.07) is 0. The number of carboxylic acids is 1. The van der Waals surface area contributed by atoms with Crippen molar-refractivity contribution in [3.8, 4) is 0 Å². The average molecular weight is 446 g/mol. The summed E-state index contributed by atoms with van der Waals surface area (Å²) in [7, 11) is 7.46. The summed E-state index contributed by atoms with van der Waals surface area (Å²) < 4.78 is 10.8. The molecule has 0 amide bonds. The maximum absolute atomic E-state index is 10.6. The fourth-order valence-electron chi connectivity index (χ4n) is 3.73. The molecule has 1 N–H and O–H groups in total. The average Bonchev–Trinajstić information content (AvgIpc) is 2.71. The summed E-state index contributed by atoms with van der Waals surface area (Å²) in [5.41, 5.74) is 0. The highest BCUT2D eigenvalue weighted by Gasteiger charge is 2.23.